The Morgan fingerprint density at radius 3 is 2.31 bits per heavy atom. The fourth-order valence-corrected chi connectivity index (χ4v) is 9.55. The van der Waals surface area contributed by atoms with E-state index in [0.29, 0.717) is 38.3 Å². The topological polar surface area (TPSA) is 95.0 Å². The molecule has 13 heteroatoms. The van der Waals surface area contributed by atoms with Crippen LogP contribution >= 0.6 is 58.8 Å². The molecule has 3 heterocycles. The van der Waals surface area contributed by atoms with E-state index in [4.69, 9.17) is 26.4 Å². The Balaban J connectivity index is 1.56. The van der Waals surface area contributed by atoms with E-state index < -0.39 is 17.5 Å². The zero-order valence-electron chi connectivity index (χ0n) is 23.3. The maximum absolute atomic E-state index is 14.0. The fourth-order valence-electron chi connectivity index (χ4n) is 4.60. The molecule has 5 rings (SSSR count). The van der Waals surface area contributed by atoms with Gasteiger partial charge in [0.1, 0.15) is 15.6 Å². The van der Waals surface area contributed by atoms with Crippen molar-refractivity contribution in [2.24, 2.45) is 0 Å². The normalized spacial score (nSPS) is 16.1. The zero-order chi connectivity index (χ0) is 30.2. The average molecular weight is 659 g/mol. The van der Waals surface area contributed by atoms with Gasteiger partial charge in [-0.3, -0.25) is 4.79 Å². The number of hydrogen-bond acceptors (Lipinski definition) is 12. The minimum Gasteiger partial charge on any atom is -0.494 e. The summed E-state index contributed by atoms with van der Waals surface area (Å²) in [4.78, 5) is 46.3. The first-order valence-electron chi connectivity index (χ1n) is 12.7. The summed E-state index contributed by atoms with van der Waals surface area (Å²) in [5.74, 6) is -0.655. The molecule has 1 amide bonds. The van der Waals surface area contributed by atoms with Crippen molar-refractivity contribution < 1.29 is 28.6 Å². The molecule has 218 valence electrons. The molecule has 0 spiro atoms. The van der Waals surface area contributed by atoms with Gasteiger partial charge in [-0.25, -0.2) is 14.6 Å². The third-order valence-electron chi connectivity index (χ3n) is 6.52. The summed E-state index contributed by atoms with van der Waals surface area (Å²) in [7, 11) is 2.52. The largest absolute Gasteiger partial charge is 0.494 e. The highest BCUT2D eigenvalue weighted by atomic mass is 32.2. The number of carbonyl (C=O) groups excluding carboxylic acids is 3. The number of thiazole rings is 1. The van der Waals surface area contributed by atoms with Crippen molar-refractivity contribution in [1.82, 2.24) is 4.98 Å². The SMILES string of the molecule is CCOc1ccc2c(c1)N(C(=O)CSc1nc3ccccc3s1)C(C)(C)C(=S)C2=C1SC(C(=O)OC)=C(C(=O)OC)S1. The van der Waals surface area contributed by atoms with Gasteiger partial charge in [-0.1, -0.05) is 59.6 Å². The predicted molar refractivity (Wildman–Crippen MR) is 175 cm³/mol. The van der Waals surface area contributed by atoms with Crippen molar-refractivity contribution in [3.05, 3.63) is 62.1 Å². The van der Waals surface area contributed by atoms with E-state index >= 15 is 0 Å². The van der Waals surface area contributed by atoms with Crippen LogP contribution in [0, 0.1) is 0 Å². The summed E-state index contributed by atoms with van der Waals surface area (Å²) in [6.07, 6.45) is 0. The van der Waals surface area contributed by atoms with Crippen molar-refractivity contribution in [2.75, 3.05) is 31.5 Å². The first kappa shape index (κ1) is 30.6. The number of ether oxygens (including phenoxy) is 3. The van der Waals surface area contributed by atoms with Crippen LogP contribution in [0.2, 0.25) is 0 Å². The first-order chi connectivity index (χ1) is 20.1. The third-order valence-corrected chi connectivity index (χ3v) is 11.9. The highest BCUT2D eigenvalue weighted by molar-refractivity contribution is 8.29. The van der Waals surface area contributed by atoms with E-state index in [1.54, 1.807) is 16.2 Å². The number of methoxy groups -OCH3 is 2. The van der Waals surface area contributed by atoms with Crippen molar-refractivity contribution >= 4 is 103 Å². The van der Waals surface area contributed by atoms with Gasteiger partial charge in [-0.15, -0.1) is 11.3 Å². The molecule has 42 heavy (non-hydrogen) atoms. The number of fused-ring (bicyclic) bond motifs is 2. The maximum Gasteiger partial charge on any atom is 0.346 e. The number of aromatic nitrogens is 1. The number of anilines is 1. The fraction of sp³-hybridized carbons (Fsp3) is 0.276. The molecule has 3 aromatic rings. The van der Waals surface area contributed by atoms with Gasteiger partial charge >= 0.3 is 11.9 Å². The Hall–Kier alpha value is -2.84. The molecule has 2 aliphatic rings. The van der Waals surface area contributed by atoms with Gasteiger partial charge in [0.25, 0.3) is 0 Å². The molecule has 0 saturated heterocycles. The lowest BCUT2D eigenvalue weighted by molar-refractivity contribution is -0.138. The van der Waals surface area contributed by atoms with Gasteiger partial charge in [0.2, 0.25) is 5.91 Å². The molecule has 0 unspecified atom stereocenters. The minimum atomic E-state index is -0.929. The molecule has 0 N–H and O–H groups in total. The summed E-state index contributed by atoms with van der Waals surface area (Å²) >= 11 is 11.2. The molecule has 1 aromatic heterocycles. The van der Waals surface area contributed by atoms with E-state index in [-0.39, 0.29) is 21.5 Å². The molecule has 0 bridgehead atoms. The number of para-hydroxylation sites is 1. The number of nitrogens with zero attached hydrogens (tertiary/aromatic N) is 2. The molecule has 0 aliphatic carbocycles. The lowest BCUT2D eigenvalue weighted by Crippen LogP contribution is -2.56. The Bertz CT molecular complexity index is 1630. The van der Waals surface area contributed by atoms with Gasteiger partial charge < -0.3 is 19.1 Å². The molecular formula is C29H26N2O6S5. The Labute approximate surface area is 265 Å². The summed E-state index contributed by atoms with van der Waals surface area (Å²) in [6, 6.07) is 13.4. The Morgan fingerprint density at radius 1 is 1.02 bits per heavy atom. The molecule has 0 fully saturated rings. The number of hydrogen-bond donors (Lipinski definition) is 0. The zero-order valence-corrected chi connectivity index (χ0v) is 27.4. The van der Waals surface area contributed by atoms with Crippen LogP contribution < -0.4 is 9.64 Å². The quantitative estimate of drug-likeness (QED) is 0.118. The lowest BCUT2D eigenvalue weighted by atomic mass is 9.83. The smallest absolute Gasteiger partial charge is 0.346 e. The van der Waals surface area contributed by atoms with Gasteiger partial charge in [0.15, 0.2) is 4.34 Å². The lowest BCUT2D eigenvalue weighted by Gasteiger charge is -2.45. The summed E-state index contributed by atoms with van der Waals surface area (Å²) in [6.45, 7) is 6.14. The van der Waals surface area contributed by atoms with Crippen molar-refractivity contribution in [3.63, 3.8) is 0 Å². The standard InChI is InChI=1S/C29H26N2O6S5/c1-6-37-15-11-12-16-18(13-15)31(20(32)14-39-28-30-17-9-7-8-10-19(17)40-28)29(2,3)24(38)21(16)27-41-22(25(33)35-4)23(42-27)26(34)36-5/h7-13H,6,14H2,1-5H3. The average Bonchev–Trinajstić information content (AvgIpc) is 3.60. The number of thiocarbonyl (C=S) groups is 1. The molecule has 8 nitrogen and oxygen atoms in total. The van der Waals surface area contributed by atoms with Crippen LogP contribution in [0.5, 0.6) is 5.75 Å². The predicted octanol–water partition coefficient (Wildman–Crippen LogP) is 6.69. The number of esters is 2. The highest BCUT2D eigenvalue weighted by Gasteiger charge is 2.46. The van der Waals surface area contributed by atoms with Crippen molar-refractivity contribution in [3.8, 4) is 5.75 Å². The Kier molecular flexibility index (Phi) is 9.05. The summed E-state index contributed by atoms with van der Waals surface area (Å²) in [5, 5.41) is 0. The third kappa shape index (κ3) is 5.60. The van der Waals surface area contributed by atoms with Gasteiger partial charge in [-0.2, -0.15) is 0 Å². The van der Waals surface area contributed by atoms with Crippen LogP contribution in [-0.2, 0) is 23.9 Å². The van der Waals surface area contributed by atoms with Crippen LogP contribution in [0.4, 0.5) is 5.69 Å². The molecule has 2 aromatic carbocycles. The minimum absolute atomic E-state index is 0.135. The van der Waals surface area contributed by atoms with Crippen LogP contribution in [0.25, 0.3) is 15.8 Å². The van der Waals surface area contributed by atoms with Crippen LogP contribution in [0.3, 0.4) is 0 Å². The second-order valence-electron chi connectivity index (χ2n) is 9.47. The first-order valence-corrected chi connectivity index (χ1v) is 16.6. The van der Waals surface area contributed by atoms with Crippen LogP contribution in [0.15, 0.2) is 60.9 Å². The van der Waals surface area contributed by atoms with E-state index in [1.807, 2.05) is 63.2 Å². The number of amides is 1. The van der Waals surface area contributed by atoms with E-state index in [2.05, 4.69) is 4.98 Å². The Morgan fingerprint density at radius 2 is 1.69 bits per heavy atom. The van der Waals surface area contributed by atoms with Gasteiger partial charge in [-0.05, 0) is 45.0 Å². The second kappa shape index (κ2) is 12.4. The van der Waals surface area contributed by atoms with E-state index in [0.717, 1.165) is 38.1 Å². The van der Waals surface area contributed by atoms with E-state index in [9.17, 15) is 14.4 Å². The molecular weight excluding hydrogens is 633 g/mol. The number of benzene rings is 2. The molecule has 0 radical (unpaired) electrons. The highest BCUT2D eigenvalue weighted by Crippen LogP contribution is 2.56. The summed E-state index contributed by atoms with van der Waals surface area (Å²) < 4.78 is 18.2. The van der Waals surface area contributed by atoms with Gasteiger partial charge in [0, 0.05) is 17.2 Å². The molecule has 0 saturated carbocycles. The van der Waals surface area contributed by atoms with Gasteiger partial charge in [0.05, 0.1) is 57.1 Å². The molecule has 2 aliphatic heterocycles. The van der Waals surface area contributed by atoms with Crippen LogP contribution in [0.1, 0.15) is 26.3 Å². The number of rotatable bonds is 7. The number of thioether (sulfide) groups is 3. The van der Waals surface area contributed by atoms with Crippen molar-refractivity contribution in [1.29, 1.82) is 0 Å². The maximum atomic E-state index is 14.0. The number of carbonyl (C=O) groups is 3. The summed E-state index contributed by atoms with van der Waals surface area (Å²) in [5.41, 5.74) is 1.97. The second-order valence-corrected chi connectivity index (χ2v) is 14.4. The van der Waals surface area contributed by atoms with Crippen molar-refractivity contribution in [2.45, 2.75) is 30.6 Å². The van der Waals surface area contributed by atoms with E-state index in [1.165, 1.54) is 26.0 Å². The monoisotopic (exact) mass is 658 g/mol. The molecule has 0 atom stereocenters. The van der Waals surface area contributed by atoms with Crippen LogP contribution in [-0.4, -0.2) is 59.8 Å².